The Hall–Kier alpha value is -2.90. The van der Waals surface area contributed by atoms with Gasteiger partial charge < -0.3 is 20.9 Å². The number of anilines is 1. The molecule has 0 saturated carbocycles. The lowest BCUT2D eigenvalue weighted by Gasteiger charge is -2.13. The van der Waals surface area contributed by atoms with E-state index in [2.05, 4.69) is 25.4 Å². The van der Waals surface area contributed by atoms with Crippen molar-refractivity contribution < 1.29 is 9.59 Å². The molecule has 0 aliphatic carbocycles. The van der Waals surface area contributed by atoms with E-state index in [-0.39, 0.29) is 5.91 Å². The van der Waals surface area contributed by atoms with Crippen molar-refractivity contribution in [3.63, 3.8) is 0 Å². The summed E-state index contributed by atoms with van der Waals surface area (Å²) in [6, 6.07) is 5.99. The predicted octanol–water partition coefficient (Wildman–Crippen LogP) is 1.67. The Morgan fingerprint density at radius 3 is 2.64 bits per heavy atom. The van der Waals surface area contributed by atoms with Crippen molar-refractivity contribution in [2.24, 2.45) is 5.73 Å². The van der Waals surface area contributed by atoms with Crippen molar-refractivity contribution in [1.82, 2.24) is 20.1 Å². The minimum atomic E-state index is -0.731. The van der Waals surface area contributed by atoms with Crippen LogP contribution in [0.15, 0.2) is 24.3 Å². The summed E-state index contributed by atoms with van der Waals surface area (Å²) >= 11 is 0. The third-order valence-corrected chi connectivity index (χ3v) is 4.27. The van der Waals surface area contributed by atoms with Crippen molar-refractivity contribution in [2.75, 3.05) is 5.32 Å². The van der Waals surface area contributed by atoms with Gasteiger partial charge in [0.05, 0.1) is 0 Å². The topological polar surface area (TPSA) is 115 Å². The van der Waals surface area contributed by atoms with Gasteiger partial charge in [-0.3, -0.25) is 4.79 Å². The molecule has 8 heteroatoms. The summed E-state index contributed by atoms with van der Waals surface area (Å²) in [7, 11) is 0. The summed E-state index contributed by atoms with van der Waals surface area (Å²) in [5, 5.41) is 13.7. The molecule has 0 bridgehead atoms. The van der Waals surface area contributed by atoms with Crippen LogP contribution in [-0.4, -0.2) is 32.7 Å². The highest BCUT2D eigenvalue weighted by Crippen LogP contribution is 2.24. The average molecular weight is 342 g/mol. The normalized spacial score (nSPS) is 14.9. The summed E-state index contributed by atoms with van der Waals surface area (Å²) in [4.78, 5) is 22.8. The van der Waals surface area contributed by atoms with E-state index in [0.717, 1.165) is 43.0 Å². The lowest BCUT2D eigenvalue weighted by molar-refractivity contribution is -0.117. The number of aryl methyl sites for hydroxylation is 1. The van der Waals surface area contributed by atoms with Crippen molar-refractivity contribution in [1.29, 1.82) is 0 Å². The zero-order valence-electron chi connectivity index (χ0n) is 14.2. The molecule has 1 aromatic heterocycles. The molecule has 1 aliphatic heterocycles. The minimum Gasteiger partial charge on any atom is -0.352 e. The fourth-order valence-corrected chi connectivity index (χ4v) is 2.93. The van der Waals surface area contributed by atoms with Crippen LogP contribution in [0.25, 0.3) is 11.4 Å². The SMILES string of the molecule is CC(NC(N)=O)C(=O)Nc1ccc(-c2nnc3n2CCCCC3)cc1. The number of rotatable bonds is 4. The molecule has 3 amide bonds. The largest absolute Gasteiger partial charge is 0.352 e. The number of hydrogen-bond donors (Lipinski definition) is 3. The minimum absolute atomic E-state index is 0.331. The molecule has 1 aliphatic rings. The van der Waals surface area contributed by atoms with Crippen LogP contribution in [0.1, 0.15) is 32.0 Å². The standard InChI is InChI=1S/C17H22N6O2/c1-11(19-17(18)25)16(24)20-13-8-6-12(7-9-13)15-22-21-14-5-3-2-4-10-23(14)15/h6-9,11H,2-5,10H2,1H3,(H,20,24)(H3,18,19,25). The highest BCUT2D eigenvalue weighted by molar-refractivity contribution is 5.96. The first-order chi connectivity index (χ1) is 12.0. The number of nitrogens with two attached hydrogens (primary N) is 1. The molecule has 1 unspecified atom stereocenters. The first-order valence-corrected chi connectivity index (χ1v) is 8.44. The highest BCUT2D eigenvalue weighted by Gasteiger charge is 2.17. The average Bonchev–Trinajstić information content (AvgIpc) is 2.83. The van der Waals surface area contributed by atoms with E-state index in [9.17, 15) is 9.59 Å². The van der Waals surface area contributed by atoms with Gasteiger partial charge >= 0.3 is 6.03 Å². The lowest BCUT2D eigenvalue weighted by Crippen LogP contribution is -2.44. The second kappa shape index (κ2) is 7.33. The zero-order chi connectivity index (χ0) is 17.8. The third kappa shape index (κ3) is 3.96. The van der Waals surface area contributed by atoms with E-state index < -0.39 is 12.1 Å². The molecule has 4 N–H and O–H groups in total. The number of primary amides is 1. The summed E-state index contributed by atoms with van der Waals surface area (Å²) in [6.45, 7) is 2.51. The molecular formula is C17H22N6O2. The van der Waals surface area contributed by atoms with Crippen molar-refractivity contribution in [2.45, 2.75) is 45.2 Å². The van der Waals surface area contributed by atoms with E-state index >= 15 is 0 Å². The van der Waals surface area contributed by atoms with Gasteiger partial charge in [-0.05, 0) is 44.0 Å². The Balaban J connectivity index is 1.72. The predicted molar refractivity (Wildman–Crippen MR) is 93.8 cm³/mol. The number of nitrogens with one attached hydrogen (secondary N) is 2. The number of hydrogen-bond acceptors (Lipinski definition) is 4. The van der Waals surface area contributed by atoms with Crippen LogP contribution < -0.4 is 16.4 Å². The van der Waals surface area contributed by atoms with Crippen molar-refractivity contribution >= 4 is 17.6 Å². The Morgan fingerprint density at radius 2 is 1.92 bits per heavy atom. The first-order valence-electron chi connectivity index (χ1n) is 8.44. The molecule has 25 heavy (non-hydrogen) atoms. The molecule has 2 aromatic rings. The fourth-order valence-electron chi connectivity index (χ4n) is 2.93. The van der Waals surface area contributed by atoms with E-state index in [4.69, 9.17) is 5.73 Å². The van der Waals surface area contributed by atoms with Crippen molar-refractivity contribution in [3.8, 4) is 11.4 Å². The van der Waals surface area contributed by atoms with E-state index in [1.54, 1.807) is 6.92 Å². The van der Waals surface area contributed by atoms with Crippen LogP contribution in [0, 0.1) is 0 Å². The Morgan fingerprint density at radius 1 is 1.16 bits per heavy atom. The number of carbonyl (C=O) groups excluding carboxylic acids is 2. The van der Waals surface area contributed by atoms with Gasteiger partial charge in [0.2, 0.25) is 5.91 Å². The summed E-state index contributed by atoms with van der Waals surface area (Å²) in [5.41, 5.74) is 6.62. The van der Waals surface area contributed by atoms with Crippen LogP contribution in [0.3, 0.4) is 0 Å². The van der Waals surface area contributed by atoms with Gasteiger partial charge in [-0.2, -0.15) is 0 Å². The lowest BCUT2D eigenvalue weighted by atomic mass is 10.2. The number of aromatic nitrogens is 3. The summed E-state index contributed by atoms with van der Waals surface area (Å²) < 4.78 is 2.18. The quantitative estimate of drug-likeness (QED) is 0.784. The van der Waals surface area contributed by atoms with Crippen LogP contribution >= 0.6 is 0 Å². The van der Waals surface area contributed by atoms with Crippen molar-refractivity contribution in [3.05, 3.63) is 30.1 Å². The third-order valence-electron chi connectivity index (χ3n) is 4.27. The Labute approximate surface area is 145 Å². The van der Waals surface area contributed by atoms with Gasteiger partial charge in [-0.1, -0.05) is 6.42 Å². The Bertz CT molecular complexity index is 768. The molecule has 0 radical (unpaired) electrons. The molecule has 132 valence electrons. The van der Waals surface area contributed by atoms with E-state index in [1.807, 2.05) is 24.3 Å². The fraction of sp³-hybridized carbons (Fsp3) is 0.412. The van der Waals surface area contributed by atoms with Gasteiger partial charge in [0.1, 0.15) is 11.9 Å². The smallest absolute Gasteiger partial charge is 0.312 e. The van der Waals surface area contributed by atoms with Gasteiger partial charge in [0.15, 0.2) is 5.82 Å². The molecule has 1 aromatic carbocycles. The zero-order valence-corrected chi connectivity index (χ0v) is 14.2. The summed E-state index contributed by atoms with van der Waals surface area (Å²) in [6.07, 6.45) is 4.47. The monoisotopic (exact) mass is 342 g/mol. The van der Waals surface area contributed by atoms with Crippen LogP contribution in [0.5, 0.6) is 0 Å². The van der Waals surface area contributed by atoms with Crippen LogP contribution in [0.2, 0.25) is 0 Å². The van der Waals surface area contributed by atoms with Gasteiger partial charge in [-0.15, -0.1) is 10.2 Å². The maximum absolute atomic E-state index is 12.0. The van der Waals surface area contributed by atoms with E-state index in [1.165, 1.54) is 6.42 Å². The highest BCUT2D eigenvalue weighted by atomic mass is 16.2. The molecule has 1 atom stereocenters. The summed E-state index contributed by atoms with van der Waals surface area (Å²) in [5.74, 6) is 1.57. The molecular weight excluding hydrogens is 320 g/mol. The number of nitrogens with zero attached hydrogens (tertiary/aromatic N) is 3. The maximum atomic E-state index is 12.0. The number of urea groups is 1. The van der Waals surface area contributed by atoms with Gasteiger partial charge in [-0.25, -0.2) is 4.79 Å². The van der Waals surface area contributed by atoms with Gasteiger partial charge in [0, 0.05) is 24.2 Å². The van der Waals surface area contributed by atoms with Crippen LogP contribution in [-0.2, 0) is 17.8 Å². The number of amides is 3. The Kier molecular flexibility index (Phi) is 4.97. The molecule has 2 heterocycles. The second-order valence-corrected chi connectivity index (χ2v) is 6.20. The molecule has 0 saturated heterocycles. The van der Waals surface area contributed by atoms with Crippen LogP contribution in [0.4, 0.5) is 10.5 Å². The number of benzene rings is 1. The number of fused-ring (bicyclic) bond motifs is 1. The van der Waals surface area contributed by atoms with E-state index in [0.29, 0.717) is 5.69 Å². The number of carbonyl (C=O) groups is 2. The maximum Gasteiger partial charge on any atom is 0.312 e. The molecule has 8 nitrogen and oxygen atoms in total. The molecule has 0 spiro atoms. The van der Waals surface area contributed by atoms with Gasteiger partial charge in [0.25, 0.3) is 0 Å². The molecule has 0 fully saturated rings. The second-order valence-electron chi connectivity index (χ2n) is 6.20. The first kappa shape index (κ1) is 16.9. The molecule has 3 rings (SSSR count).